The van der Waals surface area contributed by atoms with Gasteiger partial charge >= 0.3 is 5.97 Å². The molecule has 0 N–H and O–H groups in total. The van der Waals surface area contributed by atoms with Crippen LogP contribution in [0.1, 0.15) is 42.1 Å². The van der Waals surface area contributed by atoms with Gasteiger partial charge in [0, 0.05) is 31.3 Å². The molecule has 0 saturated carbocycles. The first-order valence-electron chi connectivity index (χ1n) is 13.5. The number of aromatic nitrogens is 2. The Labute approximate surface area is 229 Å². The van der Waals surface area contributed by atoms with Crippen molar-refractivity contribution in [1.82, 2.24) is 14.7 Å². The van der Waals surface area contributed by atoms with E-state index in [1.165, 1.54) is 0 Å². The van der Waals surface area contributed by atoms with Crippen LogP contribution < -0.4 is 0 Å². The number of carbonyl (C=O) groups is 2. The van der Waals surface area contributed by atoms with Crippen molar-refractivity contribution in [1.29, 1.82) is 0 Å². The van der Waals surface area contributed by atoms with Crippen molar-refractivity contribution in [2.45, 2.75) is 31.8 Å². The summed E-state index contributed by atoms with van der Waals surface area (Å²) < 4.78 is 6.74. The molecule has 2 heterocycles. The van der Waals surface area contributed by atoms with Crippen LogP contribution in [0.4, 0.5) is 0 Å². The van der Waals surface area contributed by atoms with Crippen LogP contribution in [0.3, 0.4) is 0 Å². The van der Waals surface area contributed by atoms with Crippen LogP contribution in [-0.2, 0) is 26.4 Å². The van der Waals surface area contributed by atoms with E-state index in [1.54, 1.807) is 11.6 Å². The van der Waals surface area contributed by atoms with Gasteiger partial charge in [-0.25, -0.2) is 0 Å². The quantitative estimate of drug-likeness (QED) is 0.166. The van der Waals surface area contributed by atoms with Gasteiger partial charge in [-0.3, -0.25) is 19.2 Å². The van der Waals surface area contributed by atoms with Gasteiger partial charge in [0.05, 0.1) is 30.8 Å². The summed E-state index contributed by atoms with van der Waals surface area (Å²) in [6.45, 7) is 3.70. The van der Waals surface area contributed by atoms with Crippen molar-refractivity contribution in [3.63, 3.8) is 0 Å². The van der Waals surface area contributed by atoms with Gasteiger partial charge in [-0.05, 0) is 35.8 Å². The summed E-state index contributed by atoms with van der Waals surface area (Å²) in [5.41, 5.74) is 4.30. The Morgan fingerprint density at radius 3 is 2.00 bits per heavy atom. The predicted octanol–water partition coefficient (Wildman–Crippen LogP) is 5.49. The van der Waals surface area contributed by atoms with Crippen molar-refractivity contribution in [3.05, 3.63) is 131 Å². The summed E-state index contributed by atoms with van der Waals surface area (Å²) in [6.07, 6.45) is 4.40. The van der Waals surface area contributed by atoms with E-state index in [4.69, 9.17) is 4.74 Å². The molecular formula is C33H33N3O3. The van der Waals surface area contributed by atoms with E-state index >= 15 is 0 Å². The minimum absolute atomic E-state index is 0.135. The Hall–Kier alpha value is -4.29. The van der Waals surface area contributed by atoms with E-state index < -0.39 is 5.54 Å². The summed E-state index contributed by atoms with van der Waals surface area (Å²) in [7, 11) is 0. The number of ether oxygens (including phenoxy) is 1. The molecule has 5 rings (SSSR count). The smallest absolute Gasteiger partial charge is 0.307 e. The number of aryl methyl sites for hydroxylation is 1. The summed E-state index contributed by atoms with van der Waals surface area (Å²) in [5.74, 6) is -0.111. The highest BCUT2D eigenvalue weighted by Crippen LogP contribution is 2.43. The highest BCUT2D eigenvalue weighted by Gasteiger charge is 2.44. The van der Waals surface area contributed by atoms with Crippen molar-refractivity contribution >= 4 is 17.8 Å². The Kier molecular flexibility index (Phi) is 8.13. The lowest BCUT2D eigenvalue weighted by molar-refractivity contribution is -0.143. The number of piperidine rings is 1. The van der Waals surface area contributed by atoms with E-state index in [1.807, 2.05) is 36.5 Å². The SMILES string of the molecule is CCOC(=O)CCn1ccc(/C=C2\CN(C(c3ccccc3)(c3ccccc3)c3ccccc3)CCC2=O)n1. The van der Waals surface area contributed by atoms with Gasteiger partial charge in [0.25, 0.3) is 0 Å². The average Bonchev–Trinajstić information content (AvgIpc) is 3.43. The molecule has 0 spiro atoms. The molecule has 1 aliphatic heterocycles. The zero-order valence-corrected chi connectivity index (χ0v) is 22.2. The largest absolute Gasteiger partial charge is 0.466 e. The van der Waals surface area contributed by atoms with Crippen LogP contribution in [0, 0.1) is 0 Å². The van der Waals surface area contributed by atoms with Crippen molar-refractivity contribution in [2.75, 3.05) is 19.7 Å². The summed E-state index contributed by atoms with van der Waals surface area (Å²) in [6, 6.07) is 33.5. The molecule has 39 heavy (non-hydrogen) atoms. The Bertz CT molecular complexity index is 1330. The fourth-order valence-electron chi connectivity index (χ4n) is 5.46. The number of likely N-dealkylation sites (tertiary alicyclic amines) is 1. The third-order valence-electron chi connectivity index (χ3n) is 7.21. The molecule has 0 radical (unpaired) electrons. The summed E-state index contributed by atoms with van der Waals surface area (Å²) in [4.78, 5) is 27.3. The second kappa shape index (κ2) is 12.0. The van der Waals surface area contributed by atoms with Gasteiger partial charge in [0.15, 0.2) is 5.78 Å². The van der Waals surface area contributed by atoms with E-state index in [0.29, 0.717) is 38.4 Å². The zero-order chi connectivity index (χ0) is 27.1. The number of Topliss-reactive ketones (excluding diaryl/α,β-unsaturated/α-hetero) is 1. The summed E-state index contributed by atoms with van der Waals surface area (Å²) >= 11 is 0. The molecule has 1 fully saturated rings. The van der Waals surface area contributed by atoms with E-state index in [9.17, 15) is 9.59 Å². The topological polar surface area (TPSA) is 64.4 Å². The minimum atomic E-state index is -0.581. The van der Waals surface area contributed by atoms with Crippen LogP contribution in [0.2, 0.25) is 0 Å². The molecule has 6 heteroatoms. The molecule has 4 aromatic rings. The van der Waals surface area contributed by atoms with Crippen molar-refractivity contribution in [2.24, 2.45) is 0 Å². The van der Waals surface area contributed by atoms with Gasteiger partial charge < -0.3 is 4.74 Å². The molecule has 1 aliphatic rings. The van der Waals surface area contributed by atoms with Crippen LogP contribution in [0.25, 0.3) is 6.08 Å². The van der Waals surface area contributed by atoms with Crippen LogP contribution in [-0.4, -0.2) is 46.1 Å². The standard InChI is InChI=1S/C33H33N3O3/c1-2-39-32(38)20-23-36-22-18-30(34-36)24-26-25-35(21-19-31(26)37)33(27-12-6-3-7-13-27,28-14-8-4-9-15-28)29-16-10-5-11-17-29/h3-18,22,24H,2,19-21,23,25H2,1H3/b26-24+. The van der Waals surface area contributed by atoms with Gasteiger partial charge in [0.2, 0.25) is 0 Å². The highest BCUT2D eigenvalue weighted by molar-refractivity contribution is 6.00. The number of benzene rings is 3. The molecule has 0 bridgehead atoms. The molecule has 0 amide bonds. The minimum Gasteiger partial charge on any atom is -0.466 e. The zero-order valence-electron chi connectivity index (χ0n) is 22.2. The lowest BCUT2D eigenvalue weighted by Crippen LogP contribution is -2.52. The Morgan fingerprint density at radius 1 is 0.897 bits per heavy atom. The molecule has 198 valence electrons. The van der Waals surface area contributed by atoms with E-state index in [2.05, 4.69) is 82.8 Å². The maximum Gasteiger partial charge on any atom is 0.307 e. The number of hydrogen-bond donors (Lipinski definition) is 0. The third kappa shape index (κ3) is 5.61. The number of hydrogen-bond acceptors (Lipinski definition) is 5. The molecule has 0 unspecified atom stereocenters. The third-order valence-corrected chi connectivity index (χ3v) is 7.21. The molecule has 6 nitrogen and oxygen atoms in total. The van der Waals surface area contributed by atoms with E-state index in [0.717, 1.165) is 22.3 Å². The lowest BCUT2D eigenvalue weighted by atomic mass is 9.74. The molecule has 1 saturated heterocycles. The van der Waals surface area contributed by atoms with Gasteiger partial charge in [-0.15, -0.1) is 0 Å². The predicted molar refractivity (Wildman–Crippen MR) is 152 cm³/mol. The van der Waals surface area contributed by atoms with Crippen LogP contribution in [0.15, 0.2) is 109 Å². The lowest BCUT2D eigenvalue weighted by Gasteiger charge is -2.47. The molecule has 0 aliphatic carbocycles. The maximum absolute atomic E-state index is 13.2. The van der Waals surface area contributed by atoms with Gasteiger partial charge in [0.1, 0.15) is 0 Å². The molecule has 3 aromatic carbocycles. The first-order chi connectivity index (χ1) is 19.1. The second-order valence-corrected chi connectivity index (χ2v) is 9.63. The Balaban J connectivity index is 1.53. The number of esters is 1. The number of ketones is 1. The second-order valence-electron chi connectivity index (χ2n) is 9.63. The van der Waals surface area contributed by atoms with Crippen molar-refractivity contribution < 1.29 is 14.3 Å². The monoisotopic (exact) mass is 519 g/mol. The first kappa shape index (κ1) is 26.3. The number of nitrogens with zero attached hydrogens (tertiary/aromatic N) is 3. The fourth-order valence-corrected chi connectivity index (χ4v) is 5.46. The highest BCUT2D eigenvalue weighted by atomic mass is 16.5. The van der Waals surface area contributed by atoms with Crippen molar-refractivity contribution in [3.8, 4) is 0 Å². The molecular weight excluding hydrogens is 486 g/mol. The van der Waals surface area contributed by atoms with Gasteiger partial charge in [-0.2, -0.15) is 5.10 Å². The van der Waals surface area contributed by atoms with Crippen LogP contribution >= 0.6 is 0 Å². The molecule has 1 aromatic heterocycles. The first-order valence-corrected chi connectivity index (χ1v) is 13.5. The Morgan fingerprint density at radius 2 is 1.46 bits per heavy atom. The number of rotatable bonds is 9. The van der Waals surface area contributed by atoms with E-state index in [-0.39, 0.29) is 18.2 Å². The average molecular weight is 520 g/mol. The number of carbonyl (C=O) groups excluding carboxylic acids is 2. The van der Waals surface area contributed by atoms with Crippen LogP contribution in [0.5, 0.6) is 0 Å². The summed E-state index contributed by atoms with van der Waals surface area (Å²) in [5, 5.41) is 4.59. The van der Waals surface area contributed by atoms with Gasteiger partial charge in [-0.1, -0.05) is 91.0 Å². The normalized spacial score (nSPS) is 15.4. The molecule has 0 atom stereocenters. The fraction of sp³-hybridized carbons (Fsp3) is 0.242. The maximum atomic E-state index is 13.2.